The number of carbonyl (C=O) groups is 1. The van der Waals surface area contributed by atoms with E-state index in [0.29, 0.717) is 10.7 Å². The molecule has 0 spiro atoms. The fraction of sp³-hybridized carbons (Fsp3) is 0.231. The smallest absolute Gasteiger partial charge is 0.416 e. The maximum atomic E-state index is 12.9. The summed E-state index contributed by atoms with van der Waals surface area (Å²) < 4.78 is 38.6. The Morgan fingerprint density at radius 1 is 1.35 bits per heavy atom. The monoisotopic (exact) mass is 301 g/mol. The zero-order chi connectivity index (χ0) is 14.9. The second kappa shape index (κ2) is 5.24. The van der Waals surface area contributed by atoms with Crippen LogP contribution >= 0.6 is 11.3 Å². The number of hydrogen-bond acceptors (Lipinski definition) is 3. The molecule has 2 aromatic rings. The first-order chi connectivity index (χ1) is 9.29. The summed E-state index contributed by atoms with van der Waals surface area (Å²) in [6, 6.07) is 5.22. The van der Waals surface area contributed by atoms with Crippen LogP contribution in [0.25, 0.3) is 0 Å². The molecule has 1 aromatic heterocycles. The molecular weight excluding hydrogens is 291 g/mol. The molecular formula is C13H10F3NO2S. The van der Waals surface area contributed by atoms with Gasteiger partial charge in [0, 0.05) is 6.42 Å². The number of rotatable bonds is 3. The number of benzene rings is 1. The summed E-state index contributed by atoms with van der Waals surface area (Å²) in [4.78, 5) is 15.0. The van der Waals surface area contributed by atoms with Crippen LogP contribution in [0.1, 0.15) is 31.5 Å². The summed E-state index contributed by atoms with van der Waals surface area (Å²) in [5, 5.41) is 9.28. The molecule has 0 saturated carbocycles. The van der Waals surface area contributed by atoms with Crippen molar-refractivity contribution in [3.05, 3.63) is 51.0 Å². The first-order valence-electron chi connectivity index (χ1n) is 5.63. The molecule has 1 heterocycles. The topological polar surface area (TPSA) is 50.2 Å². The summed E-state index contributed by atoms with van der Waals surface area (Å²) in [7, 11) is 0. The van der Waals surface area contributed by atoms with Crippen molar-refractivity contribution in [1.82, 2.24) is 4.98 Å². The Hall–Kier alpha value is -1.89. The molecule has 0 fully saturated rings. The van der Waals surface area contributed by atoms with Gasteiger partial charge in [0.25, 0.3) is 0 Å². The van der Waals surface area contributed by atoms with E-state index in [1.54, 1.807) is 0 Å². The van der Waals surface area contributed by atoms with Crippen LogP contribution in [-0.4, -0.2) is 16.1 Å². The molecule has 1 aromatic carbocycles. The number of aromatic carboxylic acids is 1. The van der Waals surface area contributed by atoms with E-state index in [9.17, 15) is 18.0 Å². The summed E-state index contributed by atoms with van der Waals surface area (Å²) >= 11 is 0.904. The lowest BCUT2D eigenvalue weighted by Gasteiger charge is -2.11. The standard InChI is InChI=1S/C13H10F3NO2S/c1-7-11(12(18)19)20-10(17-7)6-8-4-2-3-5-9(8)13(14,15)16/h2-5H,6H2,1H3,(H,18,19). The lowest BCUT2D eigenvalue weighted by molar-refractivity contribution is -0.138. The lowest BCUT2D eigenvalue weighted by atomic mass is 10.0. The summed E-state index contributed by atoms with van der Waals surface area (Å²) in [5.74, 6) is -1.12. The quantitative estimate of drug-likeness (QED) is 0.939. The van der Waals surface area contributed by atoms with Gasteiger partial charge >= 0.3 is 12.1 Å². The minimum atomic E-state index is -4.43. The number of carboxylic acid groups (broad SMARTS) is 1. The lowest BCUT2D eigenvalue weighted by Crippen LogP contribution is -2.09. The van der Waals surface area contributed by atoms with Gasteiger partial charge in [-0.3, -0.25) is 0 Å². The van der Waals surface area contributed by atoms with Gasteiger partial charge in [-0.25, -0.2) is 9.78 Å². The average Bonchev–Trinajstić information content (AvgIpc) is 2.69. The summed E-state index contributed by atoms with van der Waals surface area (Å²) in [6.07, 6.45) is -4.47. The van der Waals surface area contributed by atoms with Crippen molar-refractivity contribution in [3.63, 3.8) is 0 Å². The molecule has 20 heavy (non-hydrogen) atoms. The number of thiazole rings is 1. The number of alkyl halides is 3. The number of aryl methyl sites for hydroxylation is 1. The Bertz CT molecular complexity index is 649. The van der Waals surface area contributed by atoms with Crippen molar-refractivity contribution in [3.8, 4) is 0 Å². The van der Waals surface area contributed by atoms with Gasteiger partial charge in [-0.05, 0) is 18.6 Å². The molecule has 0 atom stereocenters. The fourth-order valence-electron chi connectivity index (χ4n) is 1.84. The molecule has 2 rings (SSSR count). The third kappa shape index (κ3) is 2.98. The number of nitrogens with zero attached hydrogens (tertiary/aromatic N) is 1. The van der Waals surface area contributed by atoms with Gasteiger partial charge in [0.2, 0.25) is 0 Å². The Morgan fingerprint density at radius 3 is 2.55 bits per heavy atom. The molecule has 7 heteroatoms. The molecule has 0 aliphatic carbocycles. The van der Waals surface area contributed by atoms with Gasteiger partial charge in [0.15, 0.2) is 0 Å². The first-order valence-corrected chi connectivity index (χ1v) is 6.45. The fourth-order valence-corrected chi connectivity index (χ4v) is 2.77. The third-order valence-electron chi connectivity index (χ3n) is 2.70. The number of aromatic nitrogens is 1. The highest BCUT2D eigenvalue weighted by molar-refractivity contribution is 7.13. The molecule has 0 bridgehead atoms. The number of carboxylic acids is 1. The van der Waals surface area contributed by atoms with Crippen LogP contribution in [0.5, 0.6) is 0 Å². The van der Waals surface area contributed by atoms with Gasteiger partial charge in [-0.15, -0.1) is 11.3 Å². The van der Waals surface area contributed by atoms with Gasteiger partial charge in [-0.2, -0.15) is 13.2 Å². The van der Waals surface area contributed by atoms with E-state index in [-0.39, 0.29) is 16.9 Å². The Balaban J connectivity index is 2.36. The Kier molecular flexibility index (Phi) is 3.80. The minimum absolute atomic E-state index is 0.0333. The molecule has 0 aliphatic heterocycles. The maximum absolute atomic E-state index is 12.9. The second-order valence-corrected chi connectivity index (χ2v) is 5.24. The largest absolute Gasteiger partial charge is 0.477 e. The van der Waals surface area contributed by atoms with E-state index >= 15 is 0 Å². The molecule has 1 N–H and O–H groups in total. The van der Waals surface area contributed by atoms with Gasteiger partial charge in [0.1, 0.15) is 4.88 Å². The van der Waals surface area contributed by atoms with Crippen molar-refractivity contribution in [2.75, 3.05) is 0 Å². The predicted octanol–water partition coefficient (Wildman–Crippen LogP) is 3.76. The third-order valence-corrected chi connectivity index (χ3v) is 3.84. The zero-order valence-corrected chi connectivity index (χ0v) is 11.2. The van der Waals surface area contributed by atoms with E-state index in [1.807, 2.05) is 0 Å². The van der Waals surface area contributed by atoms with Crippen molar-refractivity contribution in [2.45, 2.75) is 19.5 Å². The van der Waals surface area contributed by atoms with E-state index in [2.05, 4.69) is 4.98 Å². The summed E-state index contributed by atoms with van der Waals surface area (Å²) in [5.41, 5.74) is -0.308. The molecule has 0 saturated heterocycles. The van der Waals surface area contributed by atoms with Gasteiger partial charge < -0.3 is 5.11 Å². The normalized spacial score (nSPS) is 11.6. The molecule has 0 amide bonds. The van der Waals surface area contributed by atoms with Gasteiger partial charge in [0.05, 0.1) is 16.3 Å². The van der Waals surface area contributed by atoms with Crippen LogP contribution in [0.15, 0.2) is 24.3 Å². The number of hydrogen-bond donors (Lipinski definition) is 1. The van der Waals surface area contributed by atoms with Crippen LogP contribution in [0, 0.1) is 6.92 Å². The first kappa shape index (κ1) is 14.5. The SMILES string of the molecule is Cc1nc(Cc2ccccc2C(F)(F)F)sc1C(=O)O. The van der Waals surface area contributed by atoms with Crippen LogP contribution in [0.4, 0.5) is 13.2 Å². The predicted molar refractivity (Wildman–Crippen MR) is 68.1 cm³/mol. The highest BCUT2D eigenvalue weighted by Crippen LogP contribution is 2.33. The Morgan fingerprint density at radius 2 is 2.00 bits per heavy atom. The highest BCUT2D eigenvalue weighted by atomic mass is 32.1. The van der Waals surface area contributed by atoms with Crippen molar-refractivity contribution >= 4 is 17.3 Å². The average molecular weight is 301 g/mol. The van der Waals surface area contributed by atoms with E-state index in [0.717, 1.165) is 17.4 Å². The molecule has 0 unspecified atom stereocenters. The maximum Gasteiger partial charge on any atom is 0.416 e. The zero-order valence-electron chi connectivity index (χ0n) is 10.4. The van der Waals surface area contributed by atoms with Crippen LogP contribution in [-0.2, 0) is 12.6 Å². The van der Waals surface area contributed by atoms with Crippen molar-refractivity contribution in [1.29, 1.82) is 0 Å². The minimum Gasteiger partial charge on any atom is -0.477 e. The van der Waals surface area contributed by atoms with Crippen LogP contribution in [0.2, 0.25) is 0 Å². The number of halogens is 3. The second-order valence-electron chi connectivity index (χ2n) is 4.16. The van der Waals surface area contributed by atoms with Crippen LogP contribution < -0.4 is 0 Å². The van der Waals surface area contributed by atoms with E-state index < -0.39 is 17.7 Å². The van der Waals surface area contributed by atoms with E-state index in [4.69, 9.17) is 5.11 Å². The molecule has 3 nitrogen and oxygen atoms in total. The van der Waals surface area contributed by atoms with Crippen molar-refractivity contribution in [2.24, 2.45) is 0 Å². The van der Waals surface area contributed by atoms with Crippen molar-refractivity contribution < 1.29 is 23.1 Å². The van der Waals surface area contributed by atoms with E-state index in [1.165, 1.54) is 25.1 Å². The highest BCUT2D eigenvalue weighted by Gasteiger charge is 2.33. The van der Waals surface area contributed by atoms with Gasteiger partial charge in [-0.1, -0.05) is 18.2 Å². The summed E-state index contributed by atoms with van der Waals surface area (Å²) in [6.45, 7) is 1.53. The molecule has 0 aliphatic rings. The molecule has 106 valence electrons. The Labute approximate surface area is 116 Å². The van der Waals surface area contributed by atoms with Crippen LogP contribution in [0.3, 0.4) is 0 Å². The molecule has 0 radical (unpaired) electrons.